The number of hydrogen-bond acceptors (Lipinski definition) is 1. The van der Waals surface area contributed by atoms with Crippen molar-refractivity contribution in [2.24, 2.45) is 11.8 Å². The normalized spacial score (nSPS) is 27.1. The van der Waals surface area contributed by atoms with Gasteiger partial charge < -0.3 is 0 Å². The van der Waals surface area contributed by atoms with Gasteiger partial charge in [0.2, 0.25) is 0 Å². The van der Waals surface area contributed by atoms with E-state index in [1.54, 1.807) is 11.1 Å². The maximum Gasteiger partial charge on any atom is 0.0438 e. The SMILES string of the molecule is CCc1ccnc2c1CC(C1C=C(C)C1)CC2. The molecule has 0 radical (unpaired) electrons. The Kier molecular flexibility index (Phi) is 2.78. The first-order chi connectivity index (χ1) is 8.28. The predicted molar refractivity (Wildman–Crippen MR) is 71.0 cm³/mol. The minimum atomic E-state index is 0.855. The average molecular weight is 227 g/mol. The van der Waals surface area contributed by atoms with Gasteiger partial charge in [-0.2, -0.15) is 0 Å². The van der Waals surface area contributed by atoms with E-state index >= 15 is 0 Å². The van der Waals surface area contributed by atoms with Crippen LogP contribution in [0.1, 0.15) is 43.5 Å². The smallest absolute Gasteiger partial charge is 0.0438 e. The van der Waals surface area contributed by atoms with Gasteiger partial charge in [0.25, 0.3) is 0 Å². The molecule has 0 aromatic carbocycles. The van der Waals surface area contributed by atoms with Gasteiger partial charge in [-0.25, -0.2) is 0 Å². The van der Waals surface area contributed by atoms with Gasteiger partial charge in [0.15, 0.2) is 0 Å². The van der Waals surface area contributed by atoms with E-state index in [9.17, 15) is 0 Å². The monoisotopic (exact) mass is 227 g/mol. The highest BCUT2D eigenvalue weighted by molar-refractivity contribution is 5.33. The second-order valence-corrected chi connectivity index (χ2v) is 5.63. The zero-order valence-corrected chi connectivity index (χ0v) is 10.9. The molecule has 0 fully saturated rings. The second-order valence-electron chi connectivity index (χ2n) is 5.63. The first-order valence-corrected chi connectivity index (χ1v) is 6.91. The second kappa shape index (κ2) is 4.29. The number of fused-ring (bicyclic) bond motifs is 1. The number of hydrogen-bond donors (Lipinski definition) is 0. The number of aryl methyl sites for hydroxylation is 2. The van der Waals surface area contributed by atoms with Crippen LogP contribution in [-0.4, -0.2) is 4.98 Å². The maximum absolute atomic E-state index is 4.57. The molecular weight excluding hydrogens is 206 g/mol. The highest BCUT2D eigenvalue weighted by Crippen LogP contribution is 2.39. The van der Waals surface area contributed by atoms with Crippen LogP contribution in [0.2, 0.25) is 0 Å². The summed E-state index contributed by atoms with van der Waals surface area (Å²) in [5.41, 5.74) is 6.06. The van der Waals surface area contributed by atoms with Gasteiger partial charge in [-0.15, -0.1) is 0 Å². The molecule has 1 aromatic heterocycles. The Morgan fingerprint density at radius 2 is 2.18 bits per heavy atom. The maximum atomic E-state index is 4.57. The fraction of sp³-hybridized carbons (Fsp3) is 0.562. The van der Waals surface area contributed by atoms with Crippen LogP contribution >= 0.6 is 0 Å². The Hall–Kier alpha value is -1.11. The molecule has 2 aliphatic carbocycles. The number of rotatable bonds is 2. The van der Waals surface area contributed by atoms with Crippen molar-refractivity contribution in [1.29, 1.82) is 0 Å². The summed E-state index contributed by atoms with van der Waals surface area (Å²) in [5.74, 6) is 1.73. The van der Waals surface area contributed by atoms with Gasteiger partial charge in [-0.3, -0.25) is 4.98 Å². The van der Waals surface area contributed by atoms with Crippen molar-refractivity contribution in [2.75, 3.05) is 0 Å². The van der Waals surface area contributed by atoms with E-state index < -0.39 is 0 Å². The van der Waals surface area contributed by atoms with Crippen molar-refractivity contribution in [2.45, 2.75) is 46.0 Å². The molecule has 0 amide bonds. The molecule has 0 saturated heterocycles. The summed E-state index contributed by atoms with van der Waals surface area (Å²) in [6.07, 6.45) is 10.8. The lowest BCUT2D eigenvalue weighted by molar-refractivity contribution is 0.321. The van der Waals surface area contributed by atoms with Crippen LogP contribution in [0.5, 0.6) is 0 Å². The van der Waals surface area contributed by atoms with Gasteiger partial charge in [-0.05, 0) is 68.1 Å². The number of aromatic nitrogens is 1. The Morgan fingerprint density at radius 3 is 2.88 bits per heavy atom. The van der Waals surface area contributed by atoms with E-state index in [0.29, 0.717) is 0 Å². The summed E-state index contributed by atoms with van der Waals surface area (Å²) >= 11 is 0. The highest BCUT2D eigenvalue weighted by Gasteiger charge is 2.30. The van der Waals surface area contributed by atoms with Gasteiger partial charge in [-0.1, -0.05) is 18.6 Å². The molecule has 1 nitrogen and oxygen atoms in total. The van der Waals surface area contributed by atoms with Crippen LogP contribution in [0.25, 0.3) is 0 Å². The van der Waals surface area contributed by atoms with Crippen LogP contribution in [-0.2, 0) is 19.3 Å². The van der Waals surface area contributed by atoms with E-state index in [2.05, 4.69) is 31.0 Å². The molecule has 1 heterocycles. The summed E-state index contributed by atoms with van der Waals surface area (Å²) < 4.78 is 0. The van der Waals surface area contributed by atoms with Gasteiger partial charge in [0, 0.05) is 11.9 Å². The molecule has 0 saturated carbocycles. The summed E-state index contributed by atoms with van der Waals surface area (Å²) in [6.45, 7) is 4.51. The van der Waals surface area contributed by atoms with E-state index in [4.69, 9.17) is 0 Å². The number of allylic oxidation sites excluding steroid dienone is 2. The van der Waals surface area contributed by atoms with Crippen LogP contribution < -0.4 is 0 Å². The first kappa shape index (κ1) is 11.0. The zero-order valence-electron chi connectivity index (χ0n) is 10.9. The summed E-state index contributed by atoms with van der Waals surface area (Å²) in [4.78, 5) is 4.57. The van der Waals surface area contributed by atoms with Gasteiger partial charge in [0.1, 0.15) is 0 Å². The Balaban J connectivity index is 1.84. The minimum Gasteiger partial charge on any atom is -0.261 e. The van der Waals surface area contributed by atoms with Crippen molar-refractivity contribution in [3.05, 3.63) is 40.7 Å². The average Bonchev–Trinajstić information content (AvgIpc) is 2.33. The van der Waals surface area contributed by atoms with Gasteiger partial charge in [0.05, 0.1) is 0 Å². The quantitative estimate of drug-likeness (QED) is 0.702. The molecule has 0 aliphatic heterocycles. The molecule has 17 heavy (non-hydrogen) atoms. The number of pyridine rings is 1. The fourth-order valence-corrected chi connectivity index (χ4v) is 3.43. The summed E-state index contributed by atoms with van der Waals surface area (Å²) in [7, 11) is 0. The van der Waals surface area contributed by atoms with Crippen molar-refractivity contribution >= 4 is 0 Å². The lowest BCUT2D eigenvalue weighted by Crippen LogP contribution is -2.26. The van der Waals surface area contributed by atoms with Crippen molar-refractivity contribution < 1.29 is 0 Å². The highest BCUT2D eigenvalue weighted by atomic mass is 14.7. The van der Waals surface area contributed by atoms with Crippen LogP contribution in [0, 0.1) is 11.8 Å². The Bertz CT molecular complexity index is 444. The van der Waals surface area contributed by atoms with Gasteiger partial charge >= 0.3 is 0 Å². The third kappa shape index (κ3) is 1.92. The molecule has 2 unspecified atom stereocenters. The van der Waals surface area contributed by atoms with Crippen LogP contribution in [0.4, 0.5) is 0 Å². The molecule has 2 atom stereocenters. The topological polar surface area (TPSA) is 12.9 Å². The first-order valence-electron chi connectivity index (χ1n) is 6.91. The molecule has 1 aromatic rings. The molecule has 0 N–H and O–H groups in total. The third-order valence-electron chi connectivity index (χ3n) is 4.50. The fourth-order valence-electron chi connectivity index (χ4n) is 3.43. The zero-order chi connectivity index (χ0) is 11.8. The standard InChI is InChI=1S/C16H21N/c1-3-12-6-7-17-16-5-4-13(10-15(12)16)14-8-11(2)9-14/h6-8,13-14H,3-5,9-10H2,1-2H3. The molecule has 2 aliphatic rings. The summed E-state index contributed by atoms with van der Waals surface area (Å²) in [6, 6.07) is 2.21. The largest absolute Gasteiger partial charge is 0.261 e. The van der Waals surface area contributed by atoms with E-state index in [1.807, 2.05) is 6.20 Å². The summed E-state index contributed by atoms with van der Waals surface area (Å²) in [5, 5.41) is 0. The van der Waals surface area contributed by atoms with E-state index in [0.717, 1.165) is 18.3 Å². The van der Waals surface area contributed by atoms with Crippen molar-refractivity contribution in [3.8, 4) is 0 Å². The Labute approximate surface area is 104 Å². The van der Waals surface area contributed by atoms with Crippen LogP contribution in [0.3, 0.4) is 0 Å². The lowest BCUT2D eigenvalue weighted by Gasteiger charge is -2.35. The van der Waals surface area contributed by atoms with E-state index in [1.165, 1.54) is 36.9 Å². The van der Waals surface area contributed by atoms with Crippen molar-refractivity contribution in [1.82, 2.24) is 4.98 Å². The Morgan fingerprint density at radius 1 is 1.35 bits per heavy atom. The molecular formula is C16H21N. The number of nitrogens with zero attached hydrogens (tertiary/aromatic N) is 1. The van der Waals surface area contributed by atoms with Crippen LogP contribution in [0.15, 0.2) is 23.9 Å². The molecule has 0 spiro atoms. The molecule has 0 bridgehead atoms. The minimum absolute atomic E-state index is 0.855. The molecule has 90 valence electrons. The predicted octanol–water partition coefficient (Wildman–Crippen LogP) is 3.72. The molecule has 3 rings (SSSR count). The lowest BCUT2D eigenvalue weighted by atomic mass is 9.70. The van der Waals surface area contributed by atoms with Crippen molar-refractivity contribution in [3.63, 3.8) is 0 Å². The third-order valence-corrected chi connectivity index (χ3v) is 4.50. The molecule has 1 heteroatoms. The van der Waals surface area contributed by atoms with E-state index in [-0.39, 0.29) is 0 Å².